The van der Waals surface area contributed by atoms with Crippen LogP contribution in [0.5, 0.6) is 17.2 Å². The fourth-order valence-electron chi connectivity index (χ4n) is 5.05. The first-order valence-corrected chi connectivity index (χ1v) is 11.8. The van der Waals surface area contributed by atoms with Crippen LogP contribution < -0.4 is 19.5 Å². The van der Waals surface area contributed by atoms with E-state index in [-0.39, 0.29) is 5.91 Å². The van der Waals surface area contributed by atoms with E-state index in [9.17, 15) is 4.79 Å². The van der Waals surface area contributed by atoms with Crippen molar-refractivity contribution < 1.29 is 23.5 Å². The number of nitrogens with one attached hydrogen (secondary N) is 1. The zero-order valence-corrected chi connectivity index (χ0v) is 19.8. The van der Waals surface area contributed by atoms with Gasteiger partial charge in [-0.15, -0.1) is 0 Å². The minimum absolute atomic E-state index is 0.0236. The monoisotopic (exact) mass is 458 g/mol. The molecule has 33 heavy (non-hydrogen) atoms. The summed E-state index contributed by atoms with van der Waals surface area (Å²) < 4.78 is 21.5. The molecule has 1 aromatic heterocycles. The highest BCUT2D eigenvalue weighted by atomic mass is 16.5. The molecule has 9 heteroatoms. The molecule has 2 aliphatic heterocycles. The van der Waals surface area contributed by atoms with Gasteiger partial charge < -0.3 is 29.0 Å². The number of amides is 1. The molecule has 0 bridgehead atoms. The SMILES string of the molecule is COc1cc(-c2noc(CCC(=O)NC[C@@H]3CCCN4CCCC[C@H]34)n2)cc(OC)c1OC. The van der Waals surface area contributed by atoms with E-state index in [1.165, 1.54) is 45.2 Å². The van der Waals surface area contributed by atoms with Gasteiger partial charge in [-0.1, -0.05) is 11.6 Å². The van der Waals surface area contributed by atoms with Gasteiger partial charge in [0.25, 0.3) is 0 Å². The lowest BCUT2D eigenvalue weighted by Gasteiger charge is -2.44. The molecule has 9 nitrogen and oxygen atoms in total. The summed E-state index contributed by atoms with van der Waals surface area (Å²) in [5, 5.41) is 7.19. The molecule has 1 amide bonds. The Morgan fingerprint density at radius 1 is 1.09 bits per heavy atom. The van der Waals surface area contributed by atoms with Crippen molar-refractivity contribution in [1.29, 1.82) is 0 Å². The molecule has 1 aromatic carbocycles. The summed E-state index contributed by atoms with van der Waals surface area (Å²) in [6, 6.07) is 4.16. The first kappa shape index (κ1) is 23.4. The fourth-order valence-corrected chi connectivity index (χ4v) is 5.05. The third kappa shape index (κ3) is 5.40. The first-order chi connectivity index (χ1) is 16.1. The summed E-state index contributed by atoms with van der Waals surface area (Å²) in [6.45, 7) is 3.17. The van der Waals surface area contributed by atoms with Gasteiger partial charge in [0.05, 0.1) is 21.3 Å². The van der Waals surface area contributed by atoms with Crippen molar-refractivity contribution in [3.05, 3.63) is 18.0 Å². The summed E-state index contributed by atoms with van der Waals surface area (Å²) in [6.07, 6.45) is 6.99. The van der Waals surface area contributed by atoms with E-state index in [2.05, 4.69) is 20.4 Å². The molecule has 180 valence electrons. The number of methoxy groups -OCH3 is 3. The maximum Gasteiger partial charge on any atom is 0.227 e. The van der Waals surface area contributed by atoms with Gasteiger partial charge in [0.2, 0.25) is 23.4 Å². The molecule has 2 aromatic rings. The molecule has 0 spiro atoms. The number of hydrogen-bond acceptors (Lipinski definition) is 8. The van der Waals surface area contributed by atoms with Crippen molar-refractivity contribution in [1.82, 2.24) is 20.4 Å². The molecule has 1 N–H and O–H groups in total. The van der Waals surface area contributed by atoms with E-state index < -0.39 is 0 Å². The number of carbonyl (C=O) groups is 1. The number of hydrogen-bond donors (Lipinski definition) is 1. The summed E-state index contributed by atoms with van der Waals surface area (Å²) in [4.78, 5) is 19.5. The molecule has 2 fully saturated rings. The molecule has 0 aliphatic carbocycles. The Hall–Kier alpha value is -2.81. The molecule has 2 aliphatic rings. The number of rotatable bonds is 9. The Bertz CT molecular complexity index is 920. The first-order valence-electron chi connectivity index (χ1n) is 11.8. The Morgan fingerprint density at radius 2 is 1.85 bits per heavy atom. The molecule has 2 saturated heterocycles. The largest absolute Gasteiger partial charge is 0.493 e. The summed E-state index contributed by atoms with van der Waals surface area (Å²) in [5.41, 5.74) is 0.679. The van der Waals surface area contributed by atoms with Gasteiger partial charge in [-0.25, -0.2) is 0 Å². The fraction of sp³-hybridized carbons (Fsp3) is 0.625. The number of nitrogens with zero attached hydrogens (tertiary/aromatic N) is 3. The van der Waals surface area contributed by atoms with Gasteiger partial charge in [0, 0.05) is 31.0 Å². The second kappa shape index (κ2) is 10.9. The zero-order valence-electron chi connectivity index (χ0n) is 19.8. The van der Waals surface area contributed by atoms with Gasteiger partial charge in [-0.3, -0.25) is 4.79 Å². The maximum atomic E-state index is 12.5. The zero-order chi connectivity index (χ0) is 23.2. The van der Waals surface area contributed by atoms with Crippen molar-refractivity contribution in [2.75, 3.05) is 41.0 Å². The van der Waals surface area contributed by atoms with E-state index in [4.69, 9.17) is 18.7 Å². The van der Waals surface area contributed by atoms with E-state index >= 15 is 0 Å². The van der Waals surface area contributed by atoms with Crippen LogP contribution in [0.15, 0.2) is 16.7 Å². The molecular weight excluding hydrogens is 424 g/mol. The molecule has 3 heterocycles. The highest BCUT2D eigenvalue weighted by Gasteiger charge is 2.32. The van der Waals surface area contributed by atoms with Crippen LogP contribution in [0.1, 0.15) is 44.4 Å². The number of fused-ring (bicyclic) bond motifs is 1. The van der Waals surface area contributed by atoms with Gasteiger partial charge >= 0.3 is 0 Å². The average molecular weight is 459 g/mol. The van der Waals surface area contributed by atoms with Gasteiger partial charge in [0.1, 0.15) is 0 Å². The Balaban J connectivity index is 1.31. The van der Waals surface area contributed by atoms with Crippen LogP contribution in [-0.4, -0.2) is 68.0 Å². The standard InChI is InChI=1S/C24H34N4O5/c1-30-19-13-17(14-20(31-2)23(19)32-3)24-26-22(33-27-24)10-9-21(29)25-15-16-7-6-12-28-11-5-4-8-18(16)28/h13-14,16,18H,4-12,15H2,1-3H3,(H,25,29)/t16-,18+/m0/s1. The average Bonchev–Trinajstić information content (AvgIpc) is 3.34. The second-order valence-corrected chi connectivity index (χ2v) is 8.73. The Kier molecular flexibility index (Phi) is 7.69. The number of ether oxygens (including phenoxy) is 3. The van der Waals surface area contributed by atoms with Crippen molar-refractivity contribution >= 4 is 5.91 Å². The van der Waals surface area contributed by atoms with Crippen molar-refractivity contribution in [2.24, 2.45) is 5.92 Å². The van der Waals surface area contributed by atoms with Crippen molar-refractivity contribution in [2.45, 2.75) is 51.0 Å². The lowest BCUT2D eigenvalue weighted by Crippen LogP contribution is -2.51. The van der Waals surface area contributed by atoms with Crippen molar-refractivity contribution in [3.63, 3.8) is 0 Å². The van der Waals surface area contributed by atoms with E-state index in [1.807, 2.05) is 0 Å². The second-order valence-electron chi connectivity index (χ2n) is 8.73. The summed E-state index contributed by atoms with van der Waals surface area (Å²) in [7, 11) is 4.66. The Labute approximate surface area is 194 Å². The number of carbonyl (C=O) groups excluding carboxylic acids is 1. The van der Waals surface area contributed by atoms with Crippen LogP contribution in [0, 0.1) is 5.92 Å². The van der Waals surface area contributed by atoms with Crippen LogP contribution in [0.25, 0.3) is 11.4 Å². The van der Waals surface area contributed by atoms with Crippen LogP contribution >= 0.6 is 0 Å². The lowest BCUT2D eigenvalue weighted by atomic mass is 9.83. The molecule has 2 atom stereocenters. The van der Waals surface area contributed by atoms with Crippen LogP contribution in [0.3, 0.4) is 0 Å². The molecule has 4 rings (SSSR count). The lowest BCUT2D eigenvalue weighted by molar-refractivity contribution is -0.121. The third-order valence-corrected chi connectivity index (χ3v) is 6.75. The molecule has 0 unspecified atom stereocenters. The predicted octanol–water partition coefficient (Wildman–Crippen LogP) is 3.08. The van der Waals surface area contributed by atoms with Gasteiger partial charge in [-0.05, 0) is 56.8 Å². The normalized spacial score (nSPS) is 20.7. The highest BCUT2D eigenvalue weighted by molar-refractivity contribution is 5.76. The molecule has 0 saturated carbocycles. The number of benzene rings is 1. The smallest absolute Gasteiger partial charge is 0.227 e. The summed E-state index contributed by atoms with van der Waals surface area (Å²) >= 11 is 0. The highest BCUT2D eigenvalue weighted by Crippen LogP contribution is 2.40. The molecular formula is C24H34N4O5. The van der Waals surface area contributed by atoms with Crippen LogP contribution in [0.2, 0.25) is 0 Å². The minimum atomic E-state index is 0.0236. The van der Waals surface area contributed by atoms with Gasteiger partial charge in [0.15, 0.2) is 11.5 Å². The number of piperidine rings is 2. The van der Waals surface area contributed by atoms with Crippen molar-refractivity contribution in [3.8, 4) is 28.6 Å². The number of aromatic nitrogens is 2. The maximum absolute atomic E-state index is 12.5. The quantitative estimate of drug-likeness (QED) is 0.612. The minimum Gasteiger partial charge on any atom is -0.493 e. The van der Waals surface area contributed by atoms with E-state index in [0.717, 1.165) is 6.54 Å². The summed E-state index contributed by atoms with van der Waals surface area (Å²) in [5.74, 6) is 2.93. The topological polar surface area (TPSA) is 99.0 Å². The predicted molar refractivity (Wildman–Crippen MR) is 123 cm³/mol. The van der Waals surface area contributed by atoms with Crippen LogP contribution in [-0.2, 0) is 11.2 Å². The molecule has 0 radical (unpaired) electrons. The third-order valence-electron chi connectivity index (χ3n) is 6.75. The van der Waals surface area contributed by atoms with E-state index in [0.29, 0.717) is 59.3 Å². The Morgan fingerprint density at radius 3 is 2.58 bits per heavy atom. The van der Waals surface area contributed by atoms with Crippen LogP contribution in [0.4, 0.5) is 0 Å². The van der Waals surface area contributed by atoms with E-state index in [1.54, 1.807) is 33.5 Å². The number of aryl methyl sites for hydroxylation is 1. The van der Waals surface area contributed by atoms with Gasteiger partial charge in [-0.2, -0.15) is 4.98 Å².